The predicted molar refractivity (Wildman–Crippen MR) is 119 cm³/mol. The zero-order valence-corrected chi connectivity index (χ0v) is 19.0. The van der Waals surface area contributed by atoms with Crippen LogP contribution in [0.3, 0.4) is 0 Å². The van der Waals surface area contributed by atoms with Crippen LogP contribution < -0.4 is 14.8 Å². The van der Waals surface area contributed by atoms with Crippen molar-refractivity contribution in [3.05, 3.63) is 53.1 Å². The largest absolute Gasteiger partial charge is 0.493 e. The van der Waals surface area contributed by atoms with Crippen molar-refractivity contribution < 1.29 is 31.8 Å². The fourth-order valence-corrected chi connectivity index (χ4v) is 3.98. The molecule has 4 rings (SSSR count). The molecule has 0 bridgehead atoms. The molecule has 0 spiro atoms. The number of halogens is 4. The van der Waals surface area contributed by atoms with Crippen molar-refractivity contribution in [2.45, 2.75) is 45.0 Å². The van der Waals surface area contributed by atoms with Gasteiger partial charge < -0.3 is 19.5 Å². The van der Waals surface area contributed by atoms with Crippen LogP contribution >= 0.6 is 0 Å². The van der Waals surface area contributed by atoms with Crippen LogP contribution in [0.25, 0.3) is 10.9 Å². The van der Waals surface area contributed by atoms with Crippen LogP contribution in [0.2, 0.25) is 0 Å². The quantitative estimate of drug-likeness (QED) is 0.430. The number of ether oxygens (including phenoxy) is 3. The molecule has 1 aliphatic heterocycles. The third kappa shape index (κ3) is 5.01. The van der Waals surface area contributed by atoms with Gasteiger partial charge in [-0.15, -0.1) is 0 Å². The molecular weight excluding hydrogens is 454 g/mol. The van der Waals surface area contributed by atoms with Crippen LogP contribution in [0, 0.1) is 12.7 Å². The van der Waals surface area contributed by atoms with Gasteiger partial charge in [-0.25, -0.2) is 14.4 Å². The molecule has 1 fully saturated rings. The summed E-state index contributed by atoms with van der Waals surface area (Å²) in [6, 6.07) is 5.83. The normalized spacial score (nSPS) is 17.1. The molecule has 10 heteroatoms. The second-order valence-corrected chi connectivity index (χ2v) is 8.16. The summed E-state index contributed by atoms with van der Waals surface area (Å²) in [5.74, 6) is 0.399. The van der Waals surface area contributed by atoms with Crippen molar-refractivity contribution in [2.75, 3.05) is 25.6 Å². The van der Waals surface area contributed by atoms with E-state index < -0.39 is 23.6 Å². The fourth-order valence-electron chi connectivity index (χ4n) is 3.98. The van der Waals surface area contributed by atoms with Crippen LogP contribution in [0.5, 0.6) is 11.5 Å². The van der Waals surface area contributed by atoms with E-state index in [1.807, 2.05) is 0 Å². The Hall–Kier alpha value is -3.14. The second-order valence-electron chi connectivity index (χ2n) is 8.16. The molecule has 3 aromatic rings. The van der Waals surface area contributed by atoms with E-state index in [4.69, 9.17) is 14.2 Å². The Kier molecular flexibility index (Phi) is 6.79. The average molecular weight is 479 g/mol. The molecule has 2 atom stereocenters. The van der Waals surface area contributed by atoms with Gasteiger partial charge in [0.2, 0.25) is 0 Å². The van der Waals surface area contributed by atoms with Gasteiger partial charge >= 0.3 is 6.18 Å². The Morgan fingerprint density at radius 2 is 2.00 bits per heavy atom. The zero-order chi connectivity index (χ0) is 24.5. The van der Waals surface area contributed by atoms with Crippen molar-refractivity contribution in [3.8, 4) is 11.5 Å². The number of hydrogen-bond acceptors (Lipinski definition) is 6. The molecule has 34 heavy (non-hydrogen) atoms. The van der Waals surface area contributed by atoms with Gasteiger partial charge in [0.25, 0.3) is 0 Å². The standard InChI is InChI=1S/C24H25F4N3O3/c1-13(16-7-4-8-18(22(16)25)24(26,27)28)29-23-17-10-21(34-12-15-6-5-9-33-15)20(32-3)11-19(17)30-14(2)31-23/h4,7-8,10-11,13,15H,5-6,9,12H2,1-3H3,(H,29,30,31)/t13-,15+/m1/s1. The lowest BCUT2D eigenvalue weighted by atomic mass is 10.0. The molecule has 0 radical (unpaired) electrons. The molecule has 1 aromatic heterocycles. The molecule has 0 saturated carbocycles. The minimum Gasteiger partial charge on any atom is -0.493 e. The van der Waals surface area contributed by atoms with E-state index in [-0.39, 0.29) is 11.7 Å². The number of fused-ring (bicyclic) bond motifs is 1. The first-order valence-corrected chi connectivity index (χ1v) is 10.9. The Morgan fingerprint density at radius 1 is 1.21 bits per heavy atom. The summed E-state index contributed by atoms with van der Waals surface area (Å²) in [5, 5.41) is 3.61. The minimum absolute atomic E-state index is 0.00354. The van der Waals surface area contributed by atoms with Crippen LogP contribution in [0.15, 0.2) is 30.3 Å². The maximum atomic E-state index is 14.7. The van der Waals surface area contributed by atoms with E-state index in [2.05, 4.69) is 15.3 Å². The lowest BCUT2D eigenvalue weighted by molar-refractivity contribution is -0.140. The van der Waals surface area contributed by atoms with Crippen molar-refractivity contribution in [1.29, 1.82) is 0 Å². The van der Waals surface area contributed by atoms with E-state index >= 15 is 0 Å². The van der Waals surface area contributed by atoms with Crippen LogP contribution in [-0.4, -0.2) is 36.4 Å². The molecule has 1 aliphatic rings. The van der Waals surface area contributed by atoms with Crippen molar-refractivity contribution >= 4 is 16.7 Å². The maximum Gasteiger partial charge on any atom is 0.419 e. The summed E-state index contributed by atoms with van der Waals surface area (Å²) >= 11 is 0. The minimum atomic E-state index is -4.79. The first-order chi connectivity index (χ1) is 16.2. The summed E-state index contributed by atoms with van der Waals surface area (Å²) in [6.07, 6.45) is -2.90. The third-order valence-corrected chi connectivity index (χ3v) is 5.70. The van der Waals surface area contributed by atoms with Gasteiger partial charge in [-0.05, 0) is 38.8 Å². The van der Waals surface area contributed by atoms with Gasteiger partial charge in [0.15, 0.2) is 11.5 Å². The highest BCUT2D eigenvalue weighted by Crippen LogP contribution is 2.37. The molecule has 182 valence electrons. The molecule has 0 unspecified atom stereocenters. The number of aryl methyl sites for hydroxylation is 1. The third-order valence-electron chi connectivity index (χ3n) is 5.70. The predicted octanol–water partition coefficient (Wildman–Crippen LogP) is 5.84. The summed E-state index contributed by atoms with van der Waals surface area (Å²) in [5.41, 5.74) is -0.882. The number of rotatable bonds is 7. The second kappa shape index (κ2) is 9.61. The molecule has 2 heterocycles. The van der Waals surface area contributed by atoms with Gasteiger partial charge in [0, 0.05) is 23.6 Å². The Balaban J connectivity index is 1.68. The Bertz CT molecular complexity index is 1180. The van der Waals surface area contributed by atoms with Gasteiger partial charge in [-0.3, -0.25) is 0 Å². The molecule has 1 saturated heterocycles. The van der Waals surface area contributed by atoms with Crippen molar-refractivity contribution in [3.63, 3.8) is 0 Å². The highest BCUT2D eigenvalue weighted by atomic mass is 19.4. The summed E-state index contributed by atoms with van der Waals surface area (Å²) < 4.78 is 71.2. The highest BCUT2D eigenvalue weighted by Gasteiger charge is 2.35. The zero-order valence-electron chi connectivity index (χ0n) is 19.0. The number of alkyl halides is 3. The first kappa shape index (κ1) is 24.0. The first-order valence-electron chi connectivity index (χ1n) is 10.9. The number of aromatic nitrogens is 2. The van der Waals surface area contributed by atoms with Crippen LogP contribution in [-0.2, 0) is 10.9 Å². The van der Waals surface area contributed by atoms with E-state index in [0.29, 0.717) is 47.3 Å². The fraction of sp³-hybridized carbons (Fsp3) is 0.417. The molecule has 1 N–H and O–H groups in total. The van der Waals surface area contributed by atoms with E-state index in [1.54, 1.807) is 26.0 Å². The number of methoxy groups -OCH3 is 1. The summed E-state index contributed by atoms with van der Waals surface area (Å²) in [4.78, 5) is 8.85. The smallest absolute Gasteiger partial charge is 0.419 e. The average Bonchev–Trinajstić information content (AvgIpc) is 3.30. The van der Waals surface area contributed by atoms with Crippen LogP contribution in [0.1, 0.15) is 42.8 Å². The Morgan fingerprint density at radius 3 is 2.68 bits per heavy atom. The van der Waals surface area contributed by atoms with Crippen molar-refractivity contribution in [2.24, 2.45) is 0 Å². The van der Waals surface area contributed by atoms with Gasteiger partial charge in [0.1, 0.15) is 24.1 Å². The molecular formula is C24H25F4N3O3. The Labute approximate surface area is 194 Å². The molecule has 0 amide bonds. The molecule has 0 aliphatic carbocycles. The summed E-state index contributed by atoms with van der Waals surface area (Å²) in [7, 11) is 1.52. The lowest BCUT2D eigenvalue weighted by Gasteiger charge is -2.20. The molecule has 6 nitrogen and oxygen atoms in total. The number of hydrogen-bond donors (Lipinski definition) is 1. The maximum absolute atomic E-state index is 14.7. The lowest BCUT2D eigenvalue weighted by Crippen LogP contribution is -2.17. The number of anilines is 1. The number of benzene rings is 2. The van der Waals surface area contributed by atoms with Gasteiger partial charge in [-0.1, -0.05) is 12.1 Å². The van der Waals surface area contributed by atoms with E-state index in [1.165, 1.54) is 19.2 Å². The van der Waals surface area contributed by atoms with Gasteiger partial charge in [-0.2, -0.15) is 13.2 Å². The van der Waals surface area contributed by atoms with E-state index in [0.717, 1.165) is 18.9 Å². The van der Waals surface area contributed by atoms with Gasteiger partial charge in [0.05, 0.1) is 30.3 Å². The van der Waals surface area contributed by atoms with E-state index in [9.17, 15) is 17.6 Å². The van der Waals surface area contributed by atoms with Crippen molar-refractivity contribution in [1.82, 2.24) is 9.97 Å². The summed E-state index contributed by atoms with van der Waals surface area (Å²) in [6.45, 7) is 4.31. The monoisotopic (exact) mass is 479 g/mol. The topological polar surface area (TPSA) is 65.5 Å². The number of nitrogens with one attached hydrogen (secondary N) is 1. The van der Waals surface area contributed by atoms with Crippen LogP contribution in [0.4, 0.5) is 23.4 Å². The SMILES string of the molecule is COc1cc2nc(C)nc(N[C@H](C)c3cccc(C(F)(F)F)c3F)c2cc1OC[C@@H]1CCCO1. The number of nitrogens with zero attached hydrogens (tertiary/aromatic N) is 2. The molecule has 2 aromatic carbocycles. The highest BCUT2D eigenvalue weighted by molar-refractivity contribution is 5.92.